The van der Waals surface area contributed by atoms with Crippen LogP contribution in [0.2, 0.25) is 0 Å². The minimum absolute atomic E-state index is 0.616. The van der Waals surface area contributed by atoms with Gasteiger partial charge in [-0.1, -0.05) is 48.0 Å². The highest BCUT2D eigenvalue weighted by molar-refractivity contribution is 5.87. The lowest BCUT2D eigenvalue weighted by Crippen LogP contribution is -1.99. The smallest absolute Gasteiger partial charge is 0.200 e. The third-order valence-corrected chi connectivity index (χ3v) is 5.62. The van der Waals surface area contributed by atoms with E-state index in [1.807, 2.05) is 12.1 Å². The van der Waals surface area contributed by atoms with E-state index in [1.54, 1.807) is 11.7 Å². The van der Waals surface area contributed by atoms with E-state index in [2.05, 4.69) is 83.3 Å². The number of rotatable bonds is 4. The summed E-state index contributed by atoms with van der Waals surface area (Å²) in [6.45, 7) is 7.20. The number of fused-ring (bicyclic) bond motifs is 1. The van der Waals surface area contributed by atoms with Crippen LogP contribution in [0.4, 0.5) is 0 Å². The average molecular weight is 409 g/mol. The number of hydrogen-bond acceptors (Lipinski definition) is 5. The van der Waals surface area contributed by atoms with Crippen molar-refractivity contribution in [3.8, 4) is 34.0 Å². The van der Waals surface area contributed by atoms with Gasteiger partial charge in [0.15, 0.2) is 11.5 Å². The lowest BCUT2D eigenvalue weighted by molar-refractivity contribution is 0.714. The molecule has 0 aliphatic rings. The van der Waals surface area contributed by atoms with E-state index >= 15 is 0 Å². The van der Waals surface area contributed by atoms with Gasteiger partial charge in [0.25, 0.3) is 0 Å². The minimum atomic E-state index is 0.616. The van der Waals surface area contributed by atoms with Gasteiger partial charge in [-0.25, -0.2) is 14.6 Å². The van der Waals surface area contributed by atoms with Crippen molar-refractivity contribution in [2.45, 2.75) is 27.3 Å². The molecule has 0 spiro atoms. The zero-order valence-electron chi connectivity index (χ0n) is 18.0. The molecule has 0 bridgehead atoms. The number of nitrogens with zero attached hydrogens (tertiary/aromatic N) is 7. The van der Waals surface area contributed by atoms with Crippen LogP contribution in [0.3, 0.4) is 0 Å². The number of aryl methyl sites for hydroxylation is 4. The fourth-order valence-corrected chi connectivity index (χ4v) is 4.13. The predicted octanol–water partition coefficient (Wildman–Crippen LogP) is 4.59. The summed E-state index contributed by atoms with van der Waals surface area (Å²) in [5.74, 6) is 1.53. The van der Waals surface area contributed by atoms with Gasteiger partial charge in [0.1, 0.15) is 11.5 Å². The molecule has 0 aliphatic heterocycles. The number of aromatic nitrogens is 7. The van der Waals surface area contributed by atoms with Gasteiger partial charge in [-0.3, -0.25) is 0 Å². The molecule has 3 aromatic heterocycles. The lowest BCUT2D eigenvalue weighted by atomic mass is 9.94. The molecule has 0 saturated heterocycles. The highest BCUT2D eigenvalue weighted by Crippen LogP contribution is 2.35. The molecular formula is C24H23N7. The summed E-state index contributed by atoms with van der Waals surface area (Å²) in [6.07, 6.45) is 0. The van der Waals surface area contributed by atoms with Gasteiger partial charge in [-0.15, -0.1) is 5.10 Å². The molecule has 154 valence electrons. The van der Waals surface area contributed by atoms with Crippen LogP contribution in [-0.4, -0.2) is 34.7 Å². The van der Waals surface area contributed by atoms with E-state index in [0.29, 0.717) is 17.2 Å². The number of benzene rings is 2. The van der Waals surface area contributed by atoms with Crippen LogP contribution in [0.15, 0.2) is 54.6 Å². The Hall–Kier alpha value is -3.87. The van der Waals surface area contributed by atoms with E-state index in [1.165, 1.54) is 22.3 Å². The van der Waals surface area contributed by atoms with E-state index in [9.17, 15) is 0 Å². The first-order chi connectivity index (χ1) is 15.1. The SMILES string of the molecule is CCn1c(-c2ccccc2-c2ccc(C)cc2C)nc2nc(-c3nnnn3C)ccc21. The van der Waals surface area contributed by atoms with Crippen molar-refractivity contribution in [1.82, 2.24) is 34.7 Å². The predicted molar refractivity (Wildman–Crippen MR) is 121 cm³/mol. The Morgan fingerprint density at radius 3 is 2.35 bits per heavy atom. The van der Waals surface area contributed by atoms with Crippen molar-refractivity contribution in [3.05, 3.63) is 65.7 Å². The maximum atomic E-state index is 4.96. The van der Waals surface area contributed by atoms with E-state index < -0.39 is 0 Å². The Bertz CT molecular complexity index is 1410. The van der Waals surface area contributed by atoms with Gasteiger partial charge in [-0.05, 0) is 60.0 Å². The molecule has 0 aliphatic carbocycles. The average Bonchev–Trinajstić information content (AvgIpc) is 3.36. The molecule has 7 nitrogen and oxygen atoms in total. The van der Waals surface area contributed by atoms with Crippen LogP contribution in [0.5, 0.6) is 0 Å². The summed E-state index contributed by atoms with van der Waals surface area (Å²) < 4.78 is 3.82. The molecule has 0 atom stereocenters. The molecule has 0 unspecified atom stereocenters. The van der Waals surface area contributed by atoms with Crippen LogP contribution in [0.25, 0.3) is 45.2 Å². The monoisotopic (exact) mass is 409 g/mol. The van der Waals surface area contributed by atoms with E-state index in [4.69, 9.17) is 9.97 Å². The molecule has 0 fully saturated rings. The van der Waals surface area contributed by atoms with Gasteiger partial charge >= 0.3 is 0 Å². The van der Waals surface area contributed by atoms with Gasteiger partial charge in [0, 0.05) is 19.2 Å². The second-order valence-electron chi connectivity index (χ2n) is 7.71. The van der Waals surface area contributed by atoms with Crippen LogP contribution in [0, 0.1) is 13.8 Å². The minimum Gasteiger partial charge on any atom is -0.323 e. The summed E-state index contributed by atoms with van der Waals surface area (Å²) in [5, 5.41) is 11.7. The highest BCUT2D eigenvalue weighted by Gasteiger charge is 2.18. The molecule has 5 rings (SSSR count). The van der Waals surface area contributed by atoms with E-state index in [-0.39, 0.29) is 0 Å². The topological polar surface area (TPSA) is 74.3 Å². The van der Waals surface area contributed by atoms with Crippen molar-refractivity contribution < 1.29 is 0 Å². The molecule has 5 aromatic rings. The molecule has 0 saturated carbocycles. The Morgan fingerprint density at radius 2 is 1.65 bits per heavy atom. The zero-order valence-corrected chi connectivity index (χ0v) is 18.0. The van der Waals surface area contributed by atoms with Crippen molar-refractivity contribution in [1.29, 1.82) is 0 Å². The van der Waals surface area contributed by atoms with Crippen LogP contribution in [0.1, 0.15) is 18.1 Å². The van der Waals surface area contributed by atoms with Crippen LogP contribution in [-0.2, 0) is 13.6 Å². The fraction of sp³-hybridized carbons (Fsp3) is 0.208. The summed E-state index contributed by atoms with van der Waals surface area (Å²) >= 11 is 0. The first kappa shape index (κ1) is 19.1. The normalized spacial score (nSPS) is 11.4. The summed E-state index contributed by atoms with van der Waals surface area (Å²) in [7, 11) is 1.80. The van der Waals surface area contributed by atoms with Gasteiger partial charge in [-0.2, -0.15) is 0 Å². The molecule has 7 heteroatoms. The molecule has 3 heterocycles. The summed E-state index contributed by atoms with van der Waals surface area (Å²) in [5.41, 5.74) is 8.37. The fourth-order valence-electron chi connectivity index (χ4n) is 4.13. The second kappa shape index (κ2) is 7.43. The third-order valence-electron chi connectivity index (χ3n) is 5.62. The Labute approximate surface area is 180 Å². The van der Waals surface area contributed by atoms with Crippen molar-refractivity contribution >= 4 is 11.2 Å². The van der Waals surface area contributed by atoms with Crippen molar-refractivity contribution in [3.63, 3.8) is 0 Å². The summed E-state index contributed by atoms with van der Waals surface area (Å²) in [4.78, 5) is 9.73. The van der Waals surface area contributed by atoms with Crippen LogP contribution < -0.4 is 0 Å². The Morgan fingerprint density at radius 1 is 0.839 bits per heavy atom. The van der Waals surface area contributed by atoms with Crippen molar-refractivity contribution in [2.75, 3.05) is 0 Å². The largest absolute Gasteiger partial charge is 0.323 e. The first-order valence-electron chi connectivity index (χ1n) is 10.3. The zero-order chi connectivity index (χ0) is 21.5. The molecular weight excluding hydrogens is 386 g/mol. The number of hydrogen-bond donors (Lipinski definition) is 0. The van der Waals surface area contributed by atoms with Gasteiger partial charge in [0.05, 0.1) is 5.52 Å². The standard InChI is InChI=1S/C24H23N7/c1-5-31-21-13-12-20(24-27-28-29-30(24)4)25-22(21)26-23(31)19-9-7-6-8-18(19)17-11-10-15(2)14-16(17)3/h6-14H,5H2,1-4H3. The molecule has 0 amide bonds. The number of tetrazole rings is 1. The number of pyridine rings is 1. The quantitative estimate of drug-likeness (QED) is 0.434. The lowest BCUT2D eigenvalue weighted by Gasteiger charge is -2.13. The Kier molecular flexibility index (Phi) is 4.58. The molecule has 0 N–H and O–H groups in total. The van der Waals surface area contributed by atoms with Gasteiger partial charge < -0.3 is 4.57 Å². The molecule has 0 radical (unpaired) electrons. The third kappa shape index (κ3) is 3.18. The maximum absolute atomic E-state index is 4.96. The number of imidazole rings is 1. The summed E-state index contributed by atoms with van der Waals surface area (Å²) in [6, 6.07) is 19.0. The van der Waals surface area contributed by atoms with Gasteiger partial charge in [0.2, 0.25) is 0 Å². The molecule has 2 aromatic carbocycles. The highest BCUT2D eigenvalue weighted by atomic mass is 15.5. The first-order valence-corrected chi connectivity index (χ1v) is 10.3. The molecule has 31 heavy (non-hydrogen) atoms. The van der Waals surface area contributed by atoms with Crippen molar-refractivity contribution in [2.24, 2.45) is 7.05 Å². The Balaban J connectivity index is 1.72. The van der Waals surface area contributed by atoms with E-state index in [0.717, 1.165) is 23.4 Å². The van der Waals surface area contributed by atoms with Crippen LogP contribution >= 0.6 is 0 Å². The second-order valence-corrected chi connectivity index (χ2v) is 7.71. The maximum Gasteiger partial charge on any atom is 0.200 e.